The van der Waals surface area contributed by atoms with Gasteiger partial charge in [-0.2, -0.15) is 0 Å². The molecule has 0 saturated heterocycles. The lowest BCUT2D eigenvalue weighted by atomic mass is 10.0. The Hall–Kier alpha value is -4.19. The van der Waals surface area contributed by atoms with Gasteiger partial charge >= 0.3 is 17.9 Å². The van der Waals surface area contributed by atoms with Crippen LogP contribution in [-0.2, 0) is 28.6 Å². The SMILES string of the molecule is CC/C=C/C/C=C/C/C=C/C/C=C/C/C=C/CCCC(=O)OC[C@@H](COC(=O)CCCCCCCCCCCCCCCCCC)OC(=O)CCC/C=C/C/C=C/C/C=C/C/C=C/C/C=C/CC. The second-order valence-corrected chi connectivity index (χ2v) is 17.7. The molecule has 0 bridgehead atoms. The summed E-state index contributed by atoms with van der Waals surface area (Å²) >= 11 is 0. The molecular formula is C62H100O6. The quantitative estimate of drug-likeness (QED) is 0.0262. The monoisotopic (exact) mass is 941 g/mol. The van der Waals surface area contributed by atoms with Crippen LogP contribution >= 0.6 is 0 Å². The number of hydrogen-bond donors (Lipinski definition) is 0. The lowest BCUT2D eigenvalue weighted by molar-refractivity contribution is -0.167. The zero-order valence-corrected chi connectivity index (χ0v) is 43.8. The highest BCUT2D eigenvalue weighted by atomic mass is 16.6. The van der Waals surface area contributed by atoms with Gasteiger partial charge in [0.25, 0.3) is 0 Å². The molecule has 0 N–H and O–H groups in total. The Morgan fingerprint density at radius 1 is 0.309 bits per heavy atom. The first-order valence-corrected chi connectivity index (χ1v) is 27.5. The normalized spacial score (nSPS) is 13.0. The average Bonchev–Trinajstić information content (AvgIpc) is 3.34. The third-order valence-electron chi connectivity index (χ3n) is 11.2. The van der Waals surface area contributed by atoms with Crippen LogP contribution in [0.15, 0.2) is 122 Å². The first kappa shape index (κ1) is 63.8. The van der Waals surface area contributed by atoms with Crippen LogP contribution in [0.1, 0.15) is 233 Å². The fraction of sp³-hybridized carbons (Fsp3) is 0.629. The summed E-state index contributed by atoms with van der Waals surface area (Å²) in [6, 6.07) is 0. The third kappa shape index (κ3) is 52.8. The van der Waals surface area contributed by atoms with E-state index in [1.165, 1.54) is 83.5 Å². The minimum absolute atomic E-state index is 0.120. The van der Waals surface area contributed by atoms with Crippen LogP contribution < -0.4 is 0 Å². The Bertz CT molecular complexity index is 1450. The van der Waals surface area contributed by atoms with Crippen molar-refractivity contribution in [1.82, 2.24) is 0 Å². The van der Waals surface area contributed by atoms with Crippen molar-refractivity contribution in [2.75, 3.05) is 13.2 Å². The topological polar surface area (TPSA) is 78.9 Å². The Morgan fingerprint density at radius 2 is 0.574 bits per heavy atom. The largest absolute Gasteiger partial charge is 0.462 e. The molecular weight excluding hydrogens is 841 g/mol. The van der Waals surface area contributed by atoms with Crippen molar-refractivity contribution in [2.45, 2.75) is 239 Å². The van der Waals surface area contributed by atoms with E-state index in [1.54, 1.807) is 0 Å². The number of carbonyl (C=O) groups is 3. The standard InChI is InChI=1S/C62H100O6/c1-4-7-10-13-16-19-22-25-28-31-34-37-40-43-46-49-52-55-61(64)67-58-59(57-66-60(63)54-51-48-45-42-39-36-33-30-27-24-21-18-15-12-9-6-3)68-62(65)56-53-50-47-44-41-38-35-32-29-26-23-20-17-14-11-8-5-2/h7-8,10-11,16-17,19-20,25-26,28-29,34-35,37-38,43-44,46-47,59H,4-6,9,12-15,18,21-24,27,30-33,36,39-42,45,48-58H2,1-3H3/b10-7+,11-8+,19-16+,20-17+,28-25+,29-26+,37-34+,38-35+,46-43+,47-44+/t59-/m1/s1. The molecule has 0 unspecified atom stereocenters. The summed E-state index contributed by atoms with van der Waals surface area (Å²) in [5.41, 5.74) is 0. The van der Waals surface area contributed by atoms with Crippen LogP contribution in [0.5, 0.6) is 0 Å². The molecule has 0 aliphatic rings. The van der Waals surface area contributed by atoms with Crippen LogP contribution in [-0.4, -0.2) is 37.2 Å². The van der Waals surface area contributed by atoms with Crippen LogP contribution in [0, 0.1) is 0 Å². The Labute approximate surface area is 418 Å². The molecule has 6 nitrogen and oxygen atoms in total. The zero-order chi connectivity index (χ0) is 49.3. The molecule has 6 heteroatoms. The lowest BCUT2D eigenvalue weighted by Gasteiger charge is -2.18. The van der Waals surface area contributed by atoms with Crippen molar-refractivity contribution in [3.8, 4) is 0 Å². The van der Waals surface area contributed by atoms with E-state index in [2.05, 4.69) is 142 Å². The van der Waals surface area contributed by atoms with Gasteiger partial charge in [0, 0.05) is 19.3 Å². The molecule has 0 aromatic rings. The molecule has 0 radical (unpaired) electrons. The highest BCUT2D eigenvalue weighted by molar-refractivity contribution is 5.71. The first-order chi connectivity index (χ1) is 33.5. The summed E-state index contributed by atoms with van der Waals surface area (Å²) < 4.78 is 16.7. The number of ether oxygens (including phenoxy) is 3. The summed E-state index contributed by atoms with van der Waals surface area (Å²) in [4.78, 5) is 38.1. The van der Waals surface area contributed by atoms with Gasteiger partial charge in [0.05, 0.1) is 0 Å². The number of hydrogen-bond acceptors (Lipinski definition) is 6. The fourth-order valence-electron chi connectivity index (χ4n) is 7.16. The van der Waals surface area contributed by atoms with Crippen molar-refractivity contribution in [1.29, 1.82) is 0 Å². The maximum atomic E-state index is 12.8. The summed E-state index contributed by atoms with van der Waals surface area (Å²) in [5.74, 6) is -1.04. The van der Waals surface area contributed by atoms with Gasteiger partial charge in [-0.05, 0) is 96.3 Å². The number of allylic oxidation sites excluding steroid dienone is 20. The van der Waals surface area contributed by atoms with Gasteiger partial charge in [-0.25, -0.2) is 0 Å². The van der Waals surface area contributed by atoms with E-state index < -0.39 is 6.10 Å². The molecule has 0 rings (SSSR count). The molecule has 1 atom stereocenters. The van der Waals surface area contributed by atoms with E-state index in [4.69, 9.17) is 14.2 Å². The first-order valence-electron chi connectivity index (χ1n) is 27.5. The van der Waals surface area contributed by atoms with E-state index in [0.717, 1.165) is 96.3 Å². The van der Waals surface area contributed by atoms with E-state index in [1.807, 2.05) is 0 Å². The fourth-order valence-corrected chi connectivity index (χ4v) is 7.16. The van der Waals surface area contributed by atoms with Crippen LogP contribution in [0.2, 0.25) is 0 Å². The Morgan fingerprint density at radius 3 is 0.897 bits per heavy atom. The van der Waals surface area contributed by atoms with Gasteiger partial charge in [0.15, 0.2) is 6.10 Å². The summed E-state index contributed by atoms with van der Waals surface area (Å²) in [6.45, 7) is 6.31. The van der Waals surface area contributed by atoms with Crippen LogP contribution in [0.25, 0.3) is 0 Å². The van der Waals surface area contributed by atoms with Gasteiger partial charge in [0.2, 0.25) is 0 Å². The van der Waals surface area contributed by atoms with Crippen molar-refractivity contribution >= 4 is 17.9 Å². The second kappa shape index (κ2) is 55.4. The molecule has 0 saturated carbocycles. The predicted molar refractivity (Wildman–Crippen MR) is 293 cm³/mol. The van der Waals surface area contributed by atoms with Gasteiger partial charge in [0.1, 0.15) is 13.2 Å². The molecule has 68 heavy (non-hydrogen) atoms. The number of rotatable bonds is 48. The second-order valence-electron chi connectivity index (χ2n) is 17.7. The van der Waals surface area contributed by atoms with Gasteiger partial charge in [-0.15, -0.1) is 0 Å². The number of unbranched alkanes of at least 4 members (excludes halogenated alkanes) is 17. The molecule has 0 aromatic heterocycles. The molecule has 0 amide bonds. The van der Waals surface area contributed by atoms with E-state index in [0.29, 0.717) is 19.3 Å². The highest BCUT2D eigenvalue weighted by Gasteiger charge is 2.19. The van der Waals surface area contributed by atoms with Gasteiger partial charge in [-0.3, -0.25) is 14.4 Å². The maximum absolute atomic E-state index is 12.8. The summed E-state index contributed by atoms with van der Waals surface area (Å²) in [6.07, 6.45) is 76.2. The van der Waals surface area contributed by atoms with E-state index in [-0.39, 0.29) is 44.0 Å². The van der Waals surface area contributed by atoms with Gasteiger partial charge in [-0.1, -0.05) is 239 Å². The van der Waals surface area contributed by atoms with Crippen LogP contribution in [0.4, 0.5) is 0 Å². The van der Waals surface area contributed by atoms with Crippen molar-refractivity contribution in [3.63, 3.8) is 0 Å². The molecule has 384 valence electrons. The highest BCUT2D eigenvalue weighted by Crippen LogP contribution is 2.15. The van der Waals surface area contributed by atoms with Crippen molar-refractivity contribution in [3.05, 3.63) is 122 Å². The van der Waals surface area contributed by atoms with Crippen LogP contribution in [0.3, 0.4) is 0 Å². The molecule has 0 spiro atoms. The molecule has 0 aromatic carbocycles. The molecule has 0 heterocycles. The minimum Gasteiger partial charge on any atom is -0.462 e. The number of carbonyl (C=O) groups excluding carboxylic acids is 3. The average molecular weight is 941 g/mol. The summed E-state index contributed by atoms with van der Waals surface area (Å²) in [5, 5.41) is 0. The number of esters is 3. The lowest BCUT2D eigenvalue weighted by Crippen LogP contribution is -2.30. The molecule has 0 fully saturated rings. The molecule has 0 aliphatic heterocycles. The van der Waals surface area contributed by atoms with E-state index >= 15 is 0 Å². The third-order valence-corrected chi connectivity index (χ3v) is 11.2. The summed E-state index contributed by atoms with van der Waals surface area (Å²) in [7, 11) is 0. The van der Waals surface area contributed by atoms with Gasteiger partial charge < -0.3 is 14.2 Å². The predicted octanol–water partition coefficient (Wildman–Crippen LogP) is 18.5. The smallest absolute Gasteiger partial charge is 0.306 e. The maximum Gasteiger partial charge on any atom is 0.306 e. The zero-order valence-electron chi connectivity index (χ0n) is 43.8. The Balaban J connectivity index is 4.57. The van der Waals surface area contributed by atoms with Crippen molar-refractivity contribution < 1.29 is 28.6 Å². The van der Waals surface area contributed by atoms with Crippen molar-refractivity contribution in [2.24, 2.45) is 0 Å². The minimum atomic E-state index is -0.833. The Kier molecular flexibility index (Phi) is 52.0. The molecule has 0 aliphatic carbocycles. The van der Waals surface area contributed by atoms with E-state index in [9.17, 15) is 14.4 Å².